The topological polar surface area (TPSA) is 154 Å². The van der Waals surface area contributed by atoms with E-state index in [4.69, 9.17) is 17.4 Å². The van der Waals surface area contributed by atoms with E-state index in [-0.39, 0.29) is 5.96 Å². The summed E-state index contributed by atoms with van der Waals surface area (Å²) in [5.41, 5.74) is 6.65. The van der Waals surface area contributed by atoms with Gasteiger partial charge in [-0.05, 0) is 54.3 Å². The number of hydrogen-bond acceptors (Lipinski definition) is 8. The molecule has 11 nitrogen and oxygen atoms in total. The Morgan fingerprint density at radius 3 is 2.82 bits per heavy atom. The Hall–Kier alpha value is -4.38. The van der Waals surface area contributed by atoms with Gasteiger partial charge in [-0.15, -0.1) is 5.10 Å². The molecule has 0 radical (unpaired) electrons. The van der Waals surface area contributed by atoms with Crippen LogP contribution in [0.1, 0.15) is 11.1 Å². The molecule has 0 atom stereocenters. The van der Waals surface area contributed by atoms with Crippen LogP contribution in [0.5, 0.6) is 0 Å². The third-order valence-electron chi connectivity index (χ3n) is 4.77. The zero-order chi connectivity index (χ0) is 23.2. The van der Waals surface area contributed by atoms with Crippen LogP contribution in [0.2, 0.25) is 5.02 Å². The molecular weight excluding hydrogens is 444 g/mol. The number of fused-ring (bicyclic) bond motifs is 6. The lowest BCUT2D eigenvalue weighted by Gasteiger charge is -2.15. The summed E-state index contributed by atoms with van der Waals surface area (Å²) in [6.07, 6.45) is 2.94. The predicted molar refractivity (Wildman–Crippen MR) is 130 cm³/mol. The molecule has 0 spiro atoms. The average Bonchev–Trinajstić information content (AvgIpc) is 2.81. The fourth-order valence-corrected chi connectivity index (χ4v) is 3.43. The van der Waals surface area contributed by atoms with Crippen molar-refractivity contribution in [1.82, 2.24) is 20.7 Å². The third-order valence-corrected chi connectivity index (χ3v) is 5.05. The summed E-state index contributed by atoms with van der Waals surface area (Å²) in [4.78, 5) is 21.2. The highest BCUT2D eigenvalue weighted by molar-refractivity contribution is 6.32. The second-order valence-electron chi connectivity index (χ2n) is 7.04. The van der Waals surface area contributed by atoms with Crippen molar-refractivity contribution >= 4 is 59.1 Å². The van der Waals surface area contributed by atoms with Crippen molar-refractivity contribution in [3.8, 4) is 0 Å². The molecule has 2 amide bonds. The fraction of sp³-hybridized carbons (Fsp3) is 0.0952. The van der Waals surface area contributed by atoms with Crippen LogP contribution in [0.3, 0.4) is 0 Å². The Balaban J connectivity index is 1.67. The van der Waals surface area contributed by atoms with E-state index in [2.05, 4.69) is 53.6 Å². The van der Waals surface area contributed by atoms with Crippen LogP contribution < -0.4 is 32.5 Å². The number of nitrogens with zero attached hydrogens (tertiary/aromatic N) is 4. The largest absolute Gasteiger partial charge is 0.339 e. The molecule has 12 heteroatoms. The summed E-state index contributed by atoms with van der Waals surface area (Å²) >= 11 is 6.30. The lowest BCUT2D eigenvalue weighted by Crippen LogP contribution is -2.41. The first-order valence-electron chi connectivity index (χ1n) is 9.90. The highest BCUT2D eigenvalue weighted by Crippen LogP contribution is 2.29. The lowest BCUT2D eigenvalue weighted by molar-refractivity contribution is 0.256. The van der Waals surface area contributed by atoms with Crippen molar-refractivity contribution in [2.24, 2.45) is 16.0 Å². The van der Waals surface area contributed by atoms with E-state index in [1.54, 1.807) is 6.07 Å². The summed E-state index contributed by atoms with van der Waals surface area (Å²) in [6, 6.07) is 13.0. The van der Waals surface area contributed by atoms with Crippen LogP contribution in [0, 0.1) is 0 Å². The lowest BCUT2D eigenvalue weighted by atomic mass is 10.0. The Morgan fingerprint density at radius 1 is 1.15 bits per heavy atom. The van der Waals surface area contributed by atoms with Crippen LogP contribution in [-0.2, 0) is 12.8 Å². The van der Waals surface area contributed by atoms with Crippen molar-refractivity contribution in [2.45, 2.75) is 12.8 Å². The zero-order valence-corrected chi connectivity index (χ0v) is 18.1. The van der Waals surface area contributed by atoms with Crippen LogP contribution >= 0.6 is 11.6 Å². The SMILES string of the molecule is C=NN/C(=N\N)NC(=O)Nc1ccc2cc1CCc1cccc(c1)Nc1ncc(Cl)c(n1)N2. The molecule has 0 aliphatic carbocycles. The normalized spacial score (nSPS) is 12.6. The van der Waals surface area contributed by atoms with Gasteiger partial charge >= 0.3 is 6.03 Å². The molecule has 2 aromatic carbocycles. The number of benzene rings is 2. The molecule has 1 aliphatic heterocycles. The van der Waals surface area contributed by atoms with Crippen LogP contribution in [0.25, 0.3) is 0 Å². The molecule has 6 bridgehead atoms. The third kappa shape index (κ3) is 5.46. The second-order valence-corrected chi connectivity index (χ2v) is 7.45. The van der Waals surface area contributed by atoms with Crippen LogP contribution in [0.15, 0.2) is 58.9 Å². The Labute approximate surface area is 194 Å². The average molecular weight is 465 g/mol. The molecule has 1 aliphatic rings. The highest BCUT2D eigenvalue weighted by atomic mass is 35.5. The zero-order valence-electron chi connectivity index (χ0n) is 17.4. The quantitative estimate of drug-likeness (QED) is 0.147. The number of urea groups is 1. The van der Waals surface area contributed by atoms with Gasteiger partial charge in [0.2, 0.25) is 11.9 Å². The van der Waals surface area contributed by atoms with Gasteiger partial charge in [0.25, 0.3) is 0 Å². The maximum Gasteiger partial charge on any atom is 0.326 e. The fourth-order valence-electron chi connectivity index (χ4n) is 3.29. The number of halogens is 1. The summed E-state index contributed by atoms with van der Waals surface area (Å²) in [7, 11) is 0. The molecular formula is C21H21ClN10O. The van der Waals surface area contributed by atoms with Gasteiger partial charge in [-0.2, -0.15) is 10.1 Å². The van der Waals surface area contributed by atoms with Gasteiger partial charge in [0, 0.05) is 23.8 Å². The first-order chi connectivity index (χ1) is 16.0. The maximum atomic E-state index is 12.4. The van der Waals surface area contributed by atoms with E-state index < -0.39 is 6.03 Å². The Kier molecular flexibility index (Phi) is 6.51. The number of rotatable bonds is 2. The molecule has 2 heterocycles. The number of amides is 2. The molecule has 0 fully saturated rings. The van der Waals surface area contributed by atoms with E-state index in [9.17, 15) is 4.79 Å². The van der Waals surface area contributed by atoms with Gasteiger partial charge < -0.3 is 21.8 Å². The summed E-state index contributed by atoms with van der Waals surface area (Å²) in [6.45, 7) is 3.27. The standard InChI is InChI=1S/C21H21ClN10O/c1-24-32-20(31-23)30-21(33)28-17-8-7-15-10-13(17)6-5-12-3-2-4-14(9-12)27-19-25-11-16(22)18(26-15)29-19/h2-4,7-11H,1,5-6,23H2,(H2,25,26,27,29)(H3,28,30,31,32,33). The number of guanidine groups is 1. The Bertz CT molecular complexity index is 1230. The molecule has 0 unspecified atom stereocenters. The van der Waals surface area contributed by atoms with Gasteiger partial charge in [0.1, 0.15) is 5.02 Å². The van der Waals surface area contributed by atoms with Crippen molar-refractivity contribution < 1.29 is 4.79 Å². The minimum Gasteiger partial charge on any atom is -0.339 e. The van der Waals surface area contributed by atoms with Gasteiger partial charge in [-0.1, -0.05) is 23.7 Å². The van der Waals surface area contributed by atoms with E-state index >= 15 is 0 Å². The van der Waals surface area contributed by atoms with Gasteiger partial charge in [-0.3, -0.25) is 5.32 Å². The van der Waals surface area contributed by atoms with Gasteiger partial charge in [0.05, 0.1) is 6.20 Å². The predicted octanol–water partition coefficient (Wildman–Crippen LogP) is 3.27. The molecule has 3 aromatic rings. The van der Waals surface area contributed by atoms with Crippen LogP contribution in [-0.4, -0.2) is 28.7 Å². The monoisotopic (exact) mass is 464 g/mol. The molecule has 0 saturated carbocycles. The number of carbonyl (C=O) groups excluding carboxylic acids is 1. The van der Waals surface area contributed by atoms with E-state index in [1.807, 2.05) is 36.4 Å². The van der Waals surface area contributed by atoms with Gasteiger partial charge in [0.15, 0.2) is 5.82 Å². The molecule has 4 rings (SSSR count). The van der Waals surface area contributed by atoms with Crippen LogP contribution in [0.4, 0.5) is 33.6 Å². The number of nitrogens with one attached hydrogen (secondary N) is 5. The molecule has 0 saturated heterocycles. The molecule has 1 aromatic heterocycles. The van der Waals surface area contributed by atoms with E-state index in [0.717, 1.165) is 28.9 Å². The minimum absolute atomic E-state index is 0.0424. The number of aromatic nitrogens is 2. The first kappa shape index (κ1) is 21.8. The van der Waals surface area contributed by atoms with Crippen molar-refractivity contribution in [3.05, 3.63) is 64.8 Å². The maximum absolute atomic E-state index is 12.4. The second kappa shape index (κ2) is 9.83. The van der Waals surface area contributed by atoms with Gasteiger partial charge in [-0.25, -0.2) is 15.2 Å². The first-order valence-corrected chi connectivity index (χ1v) is 10.3. The number of nitrogens with two attached hydrogens (primary N) is 1. The molecule has 33 heavy (non-hydrogen) atoms. The van der Waals surface area contributed by atoms with E-state index in [0.29, 0.717) is 28.9 Å². The minimum atomic E-state index is -0.537. The summed E-state index contributed by atoms with van der Waals surface area (Å²) < 4.78 is 0. The smallest absolute Gasteiger partial charge is 0.326 e. The number of carbonyl (C=O) groups is 1. The Morgan fingerprint density at radius 2 is 2.00 bits per heavy atom. The summed E-state index contributed by atoms with van der Waals surface area (Å²) in [5, 5.41) is 18.9. The van der Waals surface area contributed by atoms with E-state index in [1.165, 1.54) is 6.20 Å². The molecule has 168 valence electrons. The number of anilines is 5. The molecule has 7 N–H and O–H groups in total. The van der Waals surface area contributed by atoms with Crippen molar-refractivity contribution in [1.29, 1.82) is 0 Å². The number of hydrogen-bond donors (Lipinski definition) is 6. The number of hydrazone groups is 2. The summed E-state index contributed by atoms with van der Waals surface area (Å²) in [5.74, 6) is 6.07. The van der Waals surface area contributed by atoms with Crippen molar-refractivity contribution in [3.63, 3.8) is 0 Å². The number of aryl methyl sites for hydroxylation is 2. The highest BCUT2D eigenvalue weighted by Gasteiger charge is 2.13. The van der Waals surface area contributed by atoms with Crippen molar-refractivity contribution in [2.75, 3.05) is 16.0 Å².